The summed E-state index contributed by atoms with van der Waals surface area (Å²) in [7, 11) is -1.83. The van der Waals surface area contributed by atoms with E-state index in [4.69, 9.17) is 0 Å². The quantitative estimate of drug-likeness (QED) is 0.685. The second kappa shape index (κ2) is 6.90. The van der Waals surface area contributed by atoms with Gasteiger partial charge < -0.3 is 9.13 Å². The van der Waals surface area contributed by atoms with Gasteiger partial charge in [-0.25, -0.2) is 18.4 Å². The van der Waals surface area contributed by atoms with Crippen LogP contribution in [0.2, 0.25) is 0 Å². The molecule has 0 saturated carbocycles. The largest absolute Gasteiger partial charge is 0.339 e. The molecule has 4 heterocycles. The van der Waals surface area contributed by atoms with E-state index in [9.17, 15) is 8.42 Å². The maximum atomic E-state index is 13.0. The van der Waals surface area contributed by atoms with Crippen molar-refractivity contribution >= 4 is 10.0 Å². The van der Waals surface area contributed by atoms with E-state index in [0.717, 1.165) is 29.9 Å². The van der Waals surface area contributed by atoms with E-state index in [1.807, 2.05) is 25.3 Å². The van der Waals surface area contributed by atoms with Gasteiger partial charge in [0, 0.05) is 62.2 Å². The molecule has 4 rings (SSSR count). The highest BCUT2D eigenvalue weighted by Gasteiger charge is 2.33. The van der Waals surface area contributed by atoms with Gasteiger partial charge in [0.2, 0.25) is 0 Å². The van der Waals surface area contributed by atoms with Gasteiger partial charge in [-0.1, -0.05) is 0 Å². The number of rotatable bonds is 4. The molecule has 0 bridgehead atoms. The summed E-state index contributed by atoms with van der Waals surface area (Å²) < 4.78 is 31.3. The molecule has 1 fully saturated rings. The number of aryl methyl sites for hydroxylation is 2. The highest BCUT2D eigenvalue weighted by Crippen LogP contribution is 2.31. The highest BCUT2D eigenvalue weighted by molar-refractivity contribution is 7.89. The monoisotopic (exact) mass is 386 g/mol. The van der Waals surface area contributed by atoms with Crippen LogP contribution in [0.25, 0.3) is 11.4 Å². The second-order valence-corrected chi connectivity index (χ2v) is 8.75. The summed E-state index contributed by atoms with van der Waals surface area (Å²) in [5.41, 5.74) is 1.99. The Labute approximate surface area is 158 Å². The van der Waals surface area contributed by atoms with Gasteiger partial charge in [0.25, 0.3) is 10.0 Å². The van der Waals surface area contributed by atoms with Gasteiger partial charge in [0.1, 0.15) is 5.82 Å². The minimum atomic E-state index is -3.60. The maximum Gasteiger partial charge on any atom is 0.262 e. The molecule has 0 aliphatic carbocycles. The van der Waals surface area contributed by atoms with Crippen LogP contribution in [0.4, 0.5) is 0 Å². The van der Waals surface area contributed by atoms with Gasteiger partial charge in [-0.3, -0.25) is 4.98 Å². The Kier molecular flexibility index (Phi) is 4.56. The third-order valence-corrected chi connectivity index (χ3v) is 6.68. The normalized spacial score (nSPS) is 18.7. The van der Waals surface area contributed by atoms with Crippen molar-refractivity contribution in [3.05, 3.63) is 48.9 Å². The number of nitrogens with zero attached hydrogens (tertiary/aromatic N) is 6. The molecule has 1 aliphatic rings. The number of imidazole rings is 2. The van der Waals surface area contributed by atoms with Crippen LogP contribution in [-0.2, 0) is 17.1 Å². The predicted molar refractivity (Wildman–Crippen MR) is 100 cm³/mol. The lowest BCUT2D eigenvalue weighted by Gasteiger charge is -2.33. The smallest absolute Gasteiger partial charge is 0.262 e. The van der Waals surface area contributed by atoms with Gasteiger partial charge in [-0.2, -0.15) is 4.31 Å². The number of hydrogen-bond donors (Lipinski definition) is 0. The van der Waals surface area contributed by atoms with Gasteiger partial charge in [0.15, 0.2) is 5.03 Å². The third kappa shape index (κ3) is 3.28. The lowest BCUT2D eigenvalue weighted by atomic mass is 10.1. The average Bonchev–Trinajstić information content (AvgIpc) is 3.29. The van der Waals surface area contributed by atoms with Gasteiger partial charge in [-0.15, -0.1) is 0 Å². The molecule has 0 spiro atoms. The molecule has 3 aromatic heterocycles. The Balaban J connectivity index is 1.66. The summed E-state index contributed by atoms with van der Waals surface area (Å²) in [4.78, 5) is 12.7. The van der Waals surface area contributed by atoms with Gasteiger partial charge in [-0.05, 0) is 31.9 Å². The summed E-state index contributed by atoms with van der Waals surface area (Å²) in [6.07, 6.45) is 10.1. The van der Waals surface area contributed by atoms with Crippen LogP contribution >= 0.6 is 0 Å². The number of sulfonamides is 1. The summed E-state index contributed by atoms with van der Waals surface area (Å²) in [5, 5.41) is 0.0994. The predicted octanol–water partition coefficient (Wildman–Crippen LogP) is 2.01. The van der Waals surface area contributed by atoms with E-state index in [1.165, 1.54) is 6.33 Å². The van der Waals surface area contributed by atoms with Crippen LogP contribution < -0.4 is 0 Å². The molecule has 0 N–H and O–H groups in total. The fraction of sp³-hybridized carbons (Fsp3) is 0.389. The average molecular weight is 386 g/mol. The van der Waals surface area contributed by atoms with E-state index in [1.54, 1.807) is 34.5 Å². The Bertz CT molecular complexity index is 1040. The molecule has 9 heteroatoms. The fourth-order valence-corrected chi connectivity index (χ4v) is 5.11. The van der Waals surface area contributed by atoms with Crippen molar-refractivity contribution in [3.63, 3.8) is 0 Å². The number of piperidine rings is 1. The zero-order valence-corrected chi connectivity index (χ0v) is 16.2. The van der Waals surface area contributed by atoms with Crippen LogP contribution in [-0.4, -0.2) is 49.9 Å². The Morgan fingerprint density at radius 2 is 1.96 bits per heavy atom. The SMILES string of the molecule is Cc1cnc(-c2ccncc2)n1C1CCCN(S(=O)(=O)c2cn(C)cn2)C1. The van der Waals surface area contributed by atoms with Crippen molar-refractivity contribution in [2.24, 2.45) is 7.05 Å². The van der Waals surface area contributed by atoms with Crippen LogP contribution in [0.3, 0.4) is 0 Å². The van der Waals surface area contributed by atoms with Crippen LogP contribution in [0.15, 0.2) is 48.3 Å². The second-order valence-electron chi connectivity index (χ2n) is 6.87. The minimum absolute atomic E-state index is 0.0305. The summed E-state index contributed by atoms with van der Waals surface area (Å²) >= 11 is 0. The van der Waals surface area contributed by atoms with Crippen LogP contribution in [0.1, 0.15) is 24.6 Å². The van der Waals surface area contributed by atoms with Crippen molar-refractivity contribution in [1.29, 1.82) is 0 Å². The Morgan fingerprint density at radius 1 is 1.19 bits per heavy atom. The van der Waals surface area contributed by atoms with E-state index in [2.05, 4.69) is 19.5 Å². The lowest BCUT2D eigenvalue weighted by Crippen LogP contribution is -2.41. The van der Waals surface area contributed by atoms with E-state index in [0.29, 0.717) is 13.1 Å². The first-order valence-corrected chi connectivity index (χ1v) is 10.3. The maximum absolute atomic E-state index is 13.0. The molecule has 1 atom stereocenters. The molecule has 8 nitrogen and oxygen atoms in total. The molecule has 0 amide bonds. The zero-order chi connectivity index (χ0) is 19.0. The first-order chi connectivity index (χ1) is 13.0. The van der Waals surface area contributed by atoms with E-state index < -0.39 is 10.0 Å². The van der Waals surface area contributed by atoms with E-state index >= 15 is 0 Å². The lowest BCUT2D eigenvalue weighted by molar-refractivity contribution is 0.265. The molecule has 0 aromatic carbocycles. The molecule has 1 saturated heterocycles. The molecule has 27 heavy (non-hydrogen) atoms. The molecule has 3 aromatic rings. The van der Waals surface area contributed by atoms with Gasteiger partial charge in [0.05, 0.1) is 6.33 Å². The summed E-state index contributed by atoms with van der Waals surface area (Å²) in [6.45, 7) is 2.92. The molecule has 1 aliphatic heterocycles. The van der Waals surface area contributed by atoms with Crippen LogP contribution in [0.5, 0.6) is 0 Å². The first-order valence-electron chi connectivity index (χ1n) is 8.89. The minimum Gasteiger partial charge on any atom is -0.339 e. The number of pyridine rings is 1. The molecule has 142 valence electrons. The number of hydrogen-bond acceptors (Lipinski definition) is 5. The third-order valence-electron chi connectivity index (χ3n) is 4.93. The molecular weight excluding hydrogens is 364 g/mol. The first kappa shape index (κ1) is 17.9. The zero-order valence-electron chi connectivity index (χ0n) is 15.4. The fourth-order valence-electron chi connectivity index (χ4n) is 3.63. The number of aromatic nitrogens is 5. The molecule has 1 unspecified atom stereocenters. The molecule has 0 radical (unpaired) electrons. The standard InChI is InChI=1S/C18H22N6O2S/c1-14-10-20-18(15-5-7-19-8-6-15)24(14)16-4-3-9-23(11-16)27(25,26)17-12-22(2)13-21-17/h5-8,10,12-13,16H,3-4,9,11H2,1-2H3. The Morgan fingerprint density at radius 3 is 2.67 bits per heavy atom. The topological polar surface area (TPSA) is 85.9 Å². The highest BCUT2D eigenvalue weighted by atomic mass is 32.2. The summed E-state index contributed by atoms with van der Waals surface area (Å²) in [5.74, 6) is 0.844. The van der Waals surface area contributed by atoms with Crippen LogP contribution in [0, 0.1) is 6.92 Å². The summed E-state index contributed by atoms with van der Waals surface area (Å²) in [6, 6.07) is 3.87. The van der Waals surface area contributed by atoms with Gasteiger partial charge >= 0.3 is 0 Å². The van der Waals surface area contributed by atoms with Crippen molar-refractivity contribution in [3.8, 4) is 11.4 Å². The van der Waals surface area contributed by atoms with E-state index in [-0.39, 0.29) is 11.1 Å². The van der Waals surface area contributed by atoms with Crippen molar-refractivity contribution in [2.75, 3.05) is 13.1 Å². The molecular formula is C18H22N6O2S. The van der Waals surface area contributed by atoms with Crippen molar-refractivity contribution in [2.45, 2.75) is 30.8 Å². The van der Waals surface area contributed by atoms with Crippen molar-refractivity contribution < 1.29 is 8.42 Å². The van der Waals surface area contributed by atoms with Crippen molar-refractivity contribution in [1.82, 2.24) is 28.4 Å². The Hall–Kier alpha value is -2.52.